The Kier molecular flexibility index (Phi) is 13.8. The number of rotatable bonds is 8. The Hall–Kier alpha value is -5.50. The number of carbonyl (C=O) groups excluding carboxylic acids is 3. The first-order valence-electron chi connectivity index (χ1n) is 18.8. The molecule has 0 bridgehead atoms. The van der Waals surface area contributed by atoms with Crippen molar-refractivity contribution < 1.29 is 24.3 Å². The molecule has 2 N–H and O–H groups in total. The molecule has 0 aliphatic carbocycles. The molecule has 0 unspecified atom stereocenters. The normalized spacial score (nSPS) is 17.8. The maximum Gasteiger partial charge on any atom is 0.335 e. The monoisotopic (exact) mass is 810 g/mol. The van der Waals surface area contributed by atoms with Gasteiger partial charge < -0.3 is 25.1 Å². The van der Waals surface area contributed by atoms with Gasteiger partial charge in [0.1, 0.15) is 11.6 Å². The molecular weight excluding hydrogens is 767 g/mol. The Morgan fingerprint density at radius 3 is 1.74 bits per heavy atom. The molecule has 6 heterocycles. The first-order valence-corrected chi connectivity index (χ1v) is 19.6. The zero-order valence-electron chi connectivity index (χ0n) is 31.4. The summed E-state index contributed by atoms with van der Waals surface area (Å²) in [5.41, 5.74) is 4.53. The van der Waals surface area contributed by atoms with Crippen LogP contribution in [0.1, 0.15) is 56.3 Å². The van der Waals surface area contributed by atoms with E-state index in [-0.39, 0.29) is 23.3 Å². The first kappa shape index (κ1) is 41.1. The molecular formula is C42H44Cl2N8O5. The fraction of sp³-hybridized carbons (Fsp3) is 0.333. The van der Waals surface area contributed by atoms with E-state index in [0.29, 0.717) is 53.5 Å². The van der Waals surface area contributed by atoms with Crippen LogP contribution < -0.4 is 15.1 Å². The van der Waals surface area contributed by atoms with Crippen molar-refractivity contribution in [3.8, 4) is 0 Å². The lowest BCUT2D eigenvalue weighted by Gasteiger charge is -2.18. The lowest BCUT2D eigenvalue weighted by molar-refractivity contribution is -0.114. The molecule has 4 aliphatic heterocycles. The largest absolute Gasteiger partial charge is 0.478 e. The minimum absolute atomic E-state index is 0.0378. The highest BCUT2D eigenvalue weighted by Gasteiger charge is 2.30. The molecule has 0 radical (unpaired) electrons. The highest BCUT2D eigenvalue weighted by molar-refractivity contribution is 6.30. The maximum atomic E-state index is 12.9. The van der Waals surface area contributed by atoms with Gasteiger partial charge in [-0.15, -0.1) is 0 Å². The van der Waals surface area contributed by atoms with Crippen LogP contribution in [0, 0.1) is 11.8 Å². The summed E-state index contributed by atoms with van der Waals surface area (Å²) in [5.74, 6) is 1.53. The van der Waals surface area contributed by atoms with Crippen molar-refractivity contribution >= 4 is 58.3 Å². The Morgan fingerprint density at radius 2 is 1.25 bits per heavy atom. The molecule has 15 heteroatoms. The van der Waals surface area contributed by atoms with E-state index in [2.05, 4.69) is 38.4 Å². The molecule has 0 spiro atoms. The number of nitrogens with zero attached hydrogens (tertiary/aromatic N) is 7. The van der Waals surface area contributed by atoms with E-state index in [1.165, 1.54) is 24.6 Å². The molecule has 296 valence electrons. The van der Waals surface area contributed by atoms with Gasteiger partial charge in [-0.1, -0.05) is 36.4 Å². The Bertz CT molecular complexity index is 2130. The van der Waals surface area contributed by atoms with E-state index in [9.17, 15) is 19.2 Å². The molecule has 4 aromatic rings. The number of anilines is 2. The summed E-state index contributed by atoms with van der Waals surface area (Å²) in [6, 6.07) is 10.4. The molecule has 4 aliphatic rings. The molecule has 3 amide bonds. The third kappa shape index (κ3) is 10.5. The zero-order chi connectivity index (χ0) is 40.5. The molecule has 0 saturated carbocycles. The minimum atomic E-state index is -0.948. The fourth-order valence-corrected chi connectivity index (χ4v) is 7.60. The molecule has 8 rings (SSSR count). The van der Waals surface area contributed by atoms with Gasteiger partial charge in [0.2, 0.25) is 11.8 Å². The van der Waals surface area contributed by atoms with E-state index in [1.54, 1.807) is 46.7 Å². The van der Waals surface area contributed by atoms with Gasteiger partial charge in [0, 0.05) is 80.7 Å². The third-order valence-electron chi connectivity index (χ3n) is 10.4. The average molecular weight is 812 g/mol. The van der Waals surface area contributed by atoms with Gasteiger partial charge in [0.05, 0.1) is 15.6 Å². The molecule has 2 fully saturated rings. The molecule has 13 nitrogen and oxygen atoms in total. The second kappa shape index (κ2) is 19.1. The van der Waals surface area contributed by atoms with Gasteiger partial charge in [-0.05, 0) is 110 Å². The second-order valence-corrected chi connectivity index (χ2v) is 15.1. The zero-order valence-corrected chi connectivity index (χ0v) is 33.0. The Morgan fingerprint density at radius 1 is 0.737 bits per heavy atom. The van der Waals surface area contributed by atoms with Gasteiger partial charge in [-0.3, -0.25) is 14.4 Å². The molecule has 2 atom stereocenters. The number of benzene rings is 2. The number of carboxylic acid groups (broad SMARTS) is 1. The van der Waals surface area contributed by atoms with Gasteiger partial charge >= 0.3 is 5.97 Å². The first-order chi connectivity index (χ1) is 27.5. The topological polar surface area (TPSA) is 162 Å². The fourth-order valence-electron chi connectivity index (χ4n) is 7.41. The number of hydrogen-bond donors (Lipinski definition) is 2. The number of carboxylic acids is 1. The number of likely N-dealkylation sites (tertiary alicyclic amines) is 1. The second-order valence-electron chi connectivity index (χ2n) is 14.2. The van der Waals surface area contributed by atoms with Crippen LogP contribution in [-0.4, -0.2) is 92.9 Å². The number of hydrogen-bond acceptors (Lipinski definition) is 9. The summed E-state index contributed by atoms with van der Waals surface area (Å²) < 4.78 is 0. The summed E-state index contributed by atoms with van der Waals surface area (Å²) in [5, 5.41) is 13.3. The summed E-state index contributed by atoms with van der Waals surface area (Å²) in [6.45, 7) is 11.8. The van der Waals surface area contributed by atoms with Crippen molar-refractivity contribution in [1.82, 2.24) is 30.2 Å². The Balaban J connectivity index is 0.000000160. The average Bonchev–Trinajstić information content (AvgIpc) is 4.07. The standard InChI is InChI=1S/C21H21ClN4O2.C12H11NO3.C9H12ClN3/c1-2-20(27)26-8-6-15-10-16(3-4-18(15)26)21(28)25-7-5-14(13-25)9-19-23-11-17(22)12-24-19;1-2-11(14)13-6-5-8-7-9(12(15)16)3-4-10(8)13;10-8-5-12-9(13-6-8)3-7-1-2-11-4-7/h2-4,10-12,14H,1,5-9,13H2;2-4,7H,1,5-6H2,(H,15,16);5-7,11H,1-4H2/t14-;;7-/m0.0/s1. The predicted octanol–water partition coefficient (Wildman–Crippen LogP) is 5.65. The smallest absolute Gasteiger partial charge is 0.335 e. The van der Waals surface area contributed by atoms with Crippen molar-refractivity contribution in [3.05, 3.63) is 130 Å². The number of carbonyl (C=O) groups is 4. The summed E-state index contributed by atoms with van der Waals surface area (Å²) >= 11 is 11.5. The van der Waals surface area contributed by atoms with Crippen LogP contribution in [0.4, 0.5) is 11.4 Å². The van der Waals surface area contributed by atoms with Gasteiger partial charge in [0.25, 0.3) is 5.91 Å². The van der Waals surface area contributed by atoms with Crippen LogP contribution in [0.25, 0.3) is 0 Å². The van der Waals surface area contributed by atoms with Crippen LogP contribution in [0.15, 0.2) is 86.5 Å². The van der Waals surface area contributed by atoms with E-state index < -0.39 is 5.97 Å². The van der Waals surface area contributed by atoms with Crippen LogP contribution in [-0.2, 0) is 35.3 Å². The summed E-state index contributed by atoms with van der Waals surface area (Å²) in [6.07, 6.45) is 14.4. The van der Waals surface area contributed by atoms with E-state index >= 15 is 0 Å². The Labute approximate surface area is 341 Å². The van der Waals surface area contributed by atoms with E-state index in [0.717, 1.165) is 79.5 Å². The van der Waals surface area contributed by atoms with Crippen molar-refractivity contribution in [2.75, 3.05) is 49.1 Å². The predicted molar refractivity (Wildman–Crippen MR) is 219 cm³/mol. The number of nitrogens with one attached hydrogen (secondary N) is 1. The van der Waals surface area contributed by atoms with Crippen LogP contribution in [0.5, 0.6) is 0 Å². The number of halogens is 2. The minimum Gasteiger partial charge on any atom is -0.478 e. The quantitative estimate of drug-likeness (QED) is 0.213. The molecule has 57 heavy (non-hydrogen) atoms. The van der Waals surface area contributed by atoms with E-state index in [1.807, 2.05) is 23.1 Å². The number of fused-ring (bicyclic) bond motifs is 2. The van der Waals surface area contributed by atoms with Gasteiger partial charge in [-0.2, -0.15) is 0 Å². The maximum absolute atomic E-state index is 12.9. The van der Waals surface area contributed by atoms with Crippen molar-refractivity contribution in [1.29, 1.82) is 0 Å². The van der Waals surface area contributed by atoms with E-state index in [4.69, 9.17) is 28.3 Å². The summed E-state index contributed by atoms with van der Waals surface area (Å²) in [4.78, 5) is 69.2. The van der Waals surface area contributed by atoms with Crippen LogP contribution >= 0.6 is 23.2 Å². The highest BCUT2D eigenvalue weighted by atomic mass is 35.5. The number of aromatic carboxylic acids is 1. The molecule has 2 aromatic carbocycles. The molecule has 2 saturated heterocycles. The van der Waals surface area contributed by atoms with Gasteiger partial charge in [0.15, 0.2) is 0 Å². The number of amides is 3. The highest BCUT2D eigenvalue weighted by Crippen LogP contribution is 2.31. The van der Waals surface area contributed by atoms with Crippen molar-refractivity contribution in [3.63, 3.8) is 0 Å². The van der Waals surface area contributed by atoms with Gasteiger partial charge in [-0.25, -0.2) is 24.7 Å². The van der Waals surface area contributed by atoms with Crippen LogP contribution in [0.3, 0.4) is 0 Å². The summed E-state index contributed by atoms with van der Waals surface area (Å²) in [7, 11) is 0. The SMILES string of the molecule is C=CC(=O)N1CCc2cc(C(=O)N3CC[C@@H](Cc4ncc(Cl)cn4)C3)ccc21.C=CC(=O)N1CCc2cc(C(=O)O)ccc21.Clc1cnc(C[C@@H]2CCNC2)nc1. The lowest BCUT2D eigenvalue weighted by atomic mass is 10.0. The third-order valence-corrected chi connectivity index (χ3v) is 10.7. The van der Waals surface area contributed by atoms with Crippen molar-refractivity contribution in [2.24, 2.45) is 11.8 Å². The van der Waals surface area contributed by atoms with Crippen molar-refractivity contribution in [2.45, 2.75) is 38.5 Å². The lowest BCUT2D eigenvalue weighted by Crippen LogP contribution is -2.29. The molecule has 2 aromatic heterocycles. The van der Waals surface area contributed by atoms with Crippen LogP contribution in [0.2, 0.25) is 10.0 Å². The number of aromatic nitrogens is 4.